The molecule has 0 radical (unpaired) electrons. The predicted octanol–water partition coefficient (Wildman–Crippen LogP) is 7.01. The summed E-state index contributed by atoms with van der Waals surface area (Å²) in [5.74, 6) is 1.52. The van der Waals surface area contributed by atoms with E-state index in [-0.39, 0.29) is 19.3 Å². The summed E-state index contributed by atoms with van der Waals surface area (Å²) >= 11 is 0. The van der Waals surface area contributed by atoms with Gasteiger partial charge in [0.2, 0.25) is 0 Å². The molecule has 1 heterocycles. The fourth-order valence-corrected chi connectivity index (χ4v) is 9.94. The molecule has 0 amide bonds. The van der Waals surface area contributed by atoms with Crippen molar-refractivity contribution < 1.29 is 0 Å². The molecule has 0 aromatic heterocycles. The van der Waals surface area contributed by atoms with Crippen LogP contribution in [-0.2, 0) is 0 Å². The standard InChI is InChI=1S/C26H42N3P/c1-17-14-18(2)22(19(3)15-17)27-23-20-10-11-21(16-20)24(23)30-28(25(4,5)6)12-13-29(30)26(7,8)9/h14-15,20-21,24H,10-13,16H2,1-9H3/b27-23+. The van der Waals surface area contributed by atoms with Crippen LogP contribution in [-0.4, -0.2) is 44.9 Å². The summed E-state index contributed by atoms with van der Waals surface area (Å²) in [6.45, 7) is 23.5. The second-order valence-electron chi connectivity index (χ2n) is 11.9. The first kappa shape index (κ1) is 22.4. The molecule has 3 unspecified atom stereocenters. The highest BCUT2D eigenvalue weighted by molar-refractivity contribution is 7.55. The van der Waals surface area contributed by atoms with Crippen molar-refractivity contribution in [2.75, 3.05) is 13.1 Å². The van der Waals surface area contributed by atoms with Crippen LogP contribution in [0.3, 0.4) is 0 Å². The van der Waals surface area contributed by atoms with Crippen molar-refractivity contribution in [1.29, 1.82) is 0 Å². The Morgan fingerprint density at radius 2 is 1.40 bits per heavy atom. The zero-order chi connectivity index (χ0) is 22.0. The third kappa shape index (κ3) is 3.91. The smallest absolute Gasteiger partial charge is 0.0687 e. The van der Waals surface area contributed by atoms with Crippen LogP contribution in [0.4, 0.5) is 5.69 Å². The van der Waals surface area contributed by atoms with E-state index in [0.29, 0.717) is 11.6 Å². The van der Waals surface area contributed by atoms with Gasteiger partial charge in [0.25, 0.3) is 0 Å². The number of aryl methyl sites for hydroxylation is 3. The van der Waals surface area contributed by atoms with Crippen LogP contribution >= 0.6 is 8.22 Å². The molecule has 3 nitrogen and oxygen atoms in total. The molecule has 3 fully saturated rings. The summed E-state index contributed by atoms with van der Waals surface area (Å²) in [6, 6.07) is 4.61. The Bertz CT molecular complexity index is 800. The lowest BCUT2D eigenvalue weighted by molar-refractivity contribution is 0.271. The lowest BCUT2D eigenvalue weighted by atomic mass is 9.97. The van der Waals surface area contributed by atoms with Crippen LogP contribution in [0.5, 0.6) is 0 Å². The van der Waals surface area contributed by atoms with E-state index in [9.17, 15) is 0 Å². The lowest BCUT2D eigenvalue weighted by Gasteiger charge is -2.47. The normalized spacial score (nSPS) is 30.2. The number of fused-ring (bicyclic) bond motifs is 2. The summed E-state index contributed by atoms with van der Waals surface area (Å²) in [6.07, 6.45) is 4.11. The molecule has 2 bridgehead atoms. The van der Waals surface area contributed by atoms with Crippen molar-refractivity contribution >= 4 is 19.6 Å². The van der Waals surface area contributed by atoms with Crippen molar-refractivity contribution in [3.8, 4) is 0 Å². The molecule has 3 atom stereocenters. The molecule has 4 heteroatoms. The van der Waals surface area contributed by atoms with Crippen molar-refractivity contribution in [2.24, 2.45) is 16.8 Å². The van der Waals surface area contributed by atoms with E-state index < -0.39 is 0 Å². The maximum atomic E-state index is 5.52. The minimum absolute atomic E-state index is 0.203. The first-order chi connectivity index (χ1) is 13.9. The van der Waals surface area contributed by atoms with Crippen molar-refractivity contribution in [3.63, 3.8) is 0 Å². The van der Waals surface area contributed by atoms with E-state index in [1.165, 1.54) is 60.4 Å². The fourth-order valence-electron chi connectivity index (χ4n) is 6.11. The van der Waals surface area contributed by atoms with Gasteiger partial charge in [-0.1, -0.05) is 17.7 Å². The molecule has 3 aliphatic rings. The summed E-state index contributed by atoms with van der Waals surface area (Å²) in [5, 5.41) is 0. The Labute approximate surface area is 186 Å². The molecule has 1 saturated heterocycles. The Morgan fingerprint density at radius 3 is 1.90 bits per heavy atom. The molecule has 2 aliphatic carbocycles. The van der Waals surface area contributed by atoms with E-state index >= 15 is 0 Å². The van der Waals surface area contributed by atoms with Gasteiger partial charge in [-0.3, -0.25) is 14.3 Å². The van der Waals surface area contributed by atoms with Gasteiger partial charge < -0.3 is 0 Å². The maximum absolute atomic E-state index is 5.52. The zero-order valence-corrected chi connectivity index (χ0v) is 21.6. The minimum Gasteiger partial charge on any atom is -0.263 e. The topological polar surface area (TPSA) is 18.8 Å². The van der Waals surface area contributed by atoms with Crippen molar-refractivity contribution in [1.82, 2.24) is 9.34 Å². The van der Waals surface area contributed by atoms with Crippen molar-refractivity contribution in [2.45, 2.75) is 98.3 Å². The minimum atomic E-state index is -0.389. The number of nitrogens with zero attached hydrogens (tertiary/aromatic N) is 3. The molecule has 1 aromatic rings. The summed E-state index contributed by atoms with van der Waals surface area (Å²) in [4.78, 5) is 5.52. The largest absolute Gasteiger partial charge is 0.263 e. The third-order valence-electron chi connectivity index (χ3n) is 7.33. The number of benzene rings is 1. The van der Waals surface area contributed by atoms with E-state index in [1.54, 1.807) is 0 Å². The Balaban J connectivity index is 1.81. The molecule has 1 aromatic carbocycles. The van der Waals surface area contributed by atoms with E-state index in [2.05, 4.69) is 83.8 Å². The summed E-state index contributed by atoms with van der Waals surface area (Å²) in [5.41, 5.74) is 7.83. The molecular weight excluding hydrogens is 385 g/mol. The van der Waals surface area contributed by atoms with Gasteiger partial charge in [0, 0.05) is 43.8 Å². The number of aliphatic imine (C=N–C) groups is 1. The number of hydrogen-bond acceptors (Lipinski definition) is 3. The maximum Gasteiger partial charge on any atom is 0.0687 e. The lowest BCUT2D eigenvalue weighted by Crippen LogP contribution is -2.44. The van der Waals surface area contributed by atoms with Gasteiger partial charge in [-0.2, -0.15) is 0 Å². The Morgan fingerprint density at radius 1 is 0.867 bits per heavy atom. The van der Waals surface area contributed by atoms with Gasteiger partial charge in [-0.25, -0.2) is 0 Å². The van der Waals surface area contributed by atoms with Crippen LogP contribution in [0.15, 0.2) is 17.1 Å². The summed E-state index contributed by atoms with van der Waals surface area (Å²) in [7, 11) is -0.389. The third-order valence-corrected chi connectivity index (χ3v) is 11.1. The quantitative estimate of drug-likeness (QED) is 0.473. The molecule has 0 spiro atoms. The second-order valence-corrected chi connectivity index (χ2v) is 14.1. The number of hydrogen-bond donors (Lipinski definition) is 0. The van der Waals surface area contributed by atoms with Gasteiger partial charge in [0.15, 0.2) is 0 Å². The van der Waals surface area contributed by atoms with E-state index in [0.717, 1.165) is 5.92 Å². The molecule has 4 rings (SSSR count). The van der Waals surface area contributed by atoms with E-state index in [1.807, 2.05) is 0 Å². The molecular formula is C26H42N3P. The van der Waals surface area contributed by atoms with E-state index in [4.69, 9.17) is 4.99 Å². The van der Waals surface area contributed by atoms with Crippen LogP contribution in [0, 0.1) is 32.6 Å². The molecule has 0 N–H and O–H groups in total. The highest BCUT2D eigenvalue weighted by Gasteiger charge is 2.55. The first-order valence-corrected chi connectivity index (χ1v) is 13.2. The first-order valence-electron chi connectivity index (χ1n) is 11.9. The highest BCUT2D eigenvalue weighted by Crippen LogP contribution is 2.66. The van der Waals surface area contributed by atoms with Gasteiger partial charge in [-0.15, -0.1) is 0 Å². The summed E-state index contributed by atoms with van der Waals surface area (Å²) < 4.78 is 5.70. The number of rotatable bonds is 2. The van der Waals surface area contributed by atoms with Crippen LogP contribution in [0.25, 0.3) is 0 Å². The van der Waals surface area contributed by atoms with Gasteiger partial charge in [0.05, 0.1) is 5.69 Å². The monoisotopic (exact) mass is 427 g/mol. The highest BCUT2D eigenvalue weighted by atomic mass is 31.1. The van der Waals surface area contributed by atoms with Gasteiger partial charge in [-0.05, 0) is 105 Å². The predicted molar refractivity (Wildman–Crippen MR) is 132 cm³/mol. The molecule has 166 valence electrons. The molecule has 2 saturated carbocycles. The fraction of sp³-hybridized carbons (Fsp3) is 0.731. The Kier molecular flexibility index (Phi) is 5.74. The van der Waals surface area contributed by atoms with Crippen molar-refractivity contribution in [3.05, 3.63) is 28.8 Å². The zero-order valence-electron chi connectivity index (χ0n) is 20.7. The Hall–Kier alpha value is -0.760. The van der Waals surface area contributed by atoms with Gasteiger partial charge in [0.1, 0.15) is 0 Å². The SMILES string of the molecule is Cc1cc(C)c(/N=C2\C3CCC(C3)C2P2N(C(C)(C)C)CCN2C(C)(C)C)c(C)c1. The second kappa shape index (κ2) is 7.68. The molecule has 1 aliphatic heterocycles. The molecule has 30 heavy (non-hydrogen) atoms. The van der Waals surface area contributed by atoms with Crippen LogP contribution in [0.1, 0.15) is 77.5 Å². The van der Waals surface area contributed by atoms with Crippen LogP contribution in [0.2, 0.25) is 0 Å². The average molecular weight is 428 g/mol. The van der Waals surface area contributed by atoms with Crippen LogP contribution < -0.4 is 0 Å². The van der Waals surface area contributed by atoms with Gasteiger partial charge >= 0.3 is 0 Å². The average Bonchev–Trinajstić information content (AvgIpc) is 3.30.